The van der Waals surface area contributed by atoms with Crippen molar-refractivity contribution in [3.8, 4) is 6.07 Å². The molecule has 0 saturated heterocycles. The third-order valence-corrected chi connectivity index (χ3v) is 15.3. The van der Waals surface area contributed by atoms with Gasteiger partial charge in [0.2, 0.25) is 0 Å². The summed E-state index contributed by atoms with van der Waals surface area (Å²) >= 11 is 0. The van der Waals surface area contributed by atoms with Crippen LogP contribution in [0.15, 0.2) is 11.6 Å². The zero-order chi connectivity index (χ0) is 31.9. The molecule has 7 nitrogen and oxygen atoms in total. The number of hydrogen-bond acceptors (Lipinski definition) is 7. The van der Waals surface area contributed by atoms with Gasteiger partial charge in [-0.3, -0.25) is 23.2 Å². The second-order valence-electron chi connectivity index (χ2n) is 16.6. The Kier molecular flexibility index (Phi) is 8.16. The van der Waals surface area contributed by atoms with Gasteiger partial charge in [0.15, 0.2) is 5.78 Å². The first-order chi connectivity index (χ1) is 19.9. The summed E-state index contributed by atoms with van der Waals surface area (Å²) in [5.41, 5.74) is -1.34. The fourth-order valence-electron chi connectivity index (χ4n) is 11.3. The van der Waals surface area contributed by atoms with Crippen molar-refractivity contribution >= 4 is 19.4 Å². The molecule has 0 spiro atoms. The number of hydrogen-bond donors (Lipinski definition) is 0. The van der Waals surface area contributed by atoms with E-state index in [9.17, 15) is 19.4 Å². The molecular formula is C35H54NO6P. The number of allylic oxidation sites excluding steroid dienone is 2. The molecule has 0 aromatic rings. The molecule has 0 radical (unpaired) electrons. The van der Waals surface area contributed by atoms with Gasteiger partial charge in [-0.1, -0.05) is 54.5 Å². The SMILES string of the molecule is CCOP(=O)(OCC)OC[C@]12CCC(C)(C)C[C@@H]1[C@H]1C(=O)C[C@@H]3[C@@]4(C)C=C(C#N)C(=O)C(C)(C)[C@@H]4CC[C@@]3(C)[C@]1(C)CC2. The fourth-order valence-corrected chi connectivity index (χ4v) is 12.6. The summed E-state index contributed by atoms with van der Waals surface area (Å²) in [6, 6.07) is 2.22. The molecule has 5 aliphatic carbocycles. The summed E-state index contributed by atoms with van der Waals surface area (Å²) in [5.74, 6) is 0.388. The van der Waals surface area contributed by atoms with Crippen LogP contribution in [0.3, 0.4) is 0 Å². The Labute approximate surface area is 259 Å². The summed E-state index contributed by atoms with van der Waals surface area (Å²) in [6.07, 6.45) is 8.98. The molecule has 0 aromatic heterocycles. The molecule has 0 aromatic carbocycles. The maximum absolute atomic E-state index is 14.7. The lowest BCUT2D eigenvalue weighted by Gasteiger charge is -2.72. The van der Waals surface area contributed by atoms with Crippen molar-refractivity contribution < 1.29 is 27.7 Å². The first-order valence-electron chi connectivity index (χ1n) is 16.6. The van der Waals surface area contributed by atoms with Gasteiger partial charge >= 0.3 is 7.82 Å². The summed E-state index contributed by atoms with van der Waals surface area (Å²) in [5, 5.41) is 9.97. The van der Waals surface area contributed by atoms with E-state index in [1.54, 1.807) is 13.8 Å². The van der Waals surface area contributed by atoms with Gasteiger partial charge in [0, 0.05) is 17.8 Å². The average Bonchev–Trinajstić information content (AvgIpc) is 2.91. The van der Waals surface area contributed by atoms with Gasteiger partial charge in [0.1, 0.15) is 11.9 Å². The zero-order valence-electron chi connectivity index (χ0n) is 28.0. The van der Waals surface area contributed by atoms with Gasteiger partial charge in [-0.05, 0) is 104 Å². The van der Waals surface area contributed by atoms with Crippen molar-refractivity contribution in [3.63, 3.8) is 0 Å². The van der Waals surface area contributed by atoms with Crippen LogP contribution < -0.4 is 0 Å². The van der Waals surface area contributed by atoms with E-state index in [0.29, 0.717) is 12.2 Å². The van der Waals surface area contributed by atoms with E-state index in [0.717, 1.165) is 44.9 Å². The number of fused-ring (bicyclic) bond motifs is 7. The number of phosphoric ester groups is 1. The molecule has 0 amide bonds. The molecule has 5 aliphatic rings. The van der Waals surface area contributed by atoms with Crippen LogP contribution in [0.2, 0.25) is 0 Å². The summed E-state index contributed by atoms with van der Waals surface area (Å²) < 4.78 is 30.6. The van der Waals surface area contributed by atoms with Gasteiger partial charge in [0.05, 0.1) is 25.4 Å². The van der Waals surface area contributed by atoms with Crippen LogP contribution in [0, 0.1) is 67.5 Å². The largest absolute Gasteiger partial charge is 0.474 e. The number of nitrogens with zero attached hydrogens (tertiary/aromatic N) is 1. The molecule has 8 atom stereocenters. The van der Waals surface area contributed by atoms with Crippen molar-refractivity contribution in [3.05, 3.63) is 11.6 Å². The number of nitriles is 1. The van der Waals surface area contributed by atoms with E-state index in [1.807, 2.05) is 19.9 Å². The van der Waals surface area contributed by atoms with E-state index in [1.165, 1.54) is 0 Å². The van der Waals surface area contributed by atoms with Crippen LogP contribution in [-0.4, -0.2) is 31.4 Å². The van der Waals surface area contributed by atoms with Gasteiger partial charge in [-0.2, -0.15) is 5.26 Å². The van der Waals surface area contributed by atoms with E-state index in [4.69, 9.17) is 13.6 Å². The molecular weight excluding hydrogens is 561 g/mol. The molecule has 5 rings (SSSR count). The molecule has 0 heterocycles. The minimum Gasteiger partial charge on any atom is -0.299 e. The molecule has 240 valence electrons. The lowest BCUT2D eigenvalue weighted by molar-refractivity contribution is -0.226. The number of carbonyl (C=O) groups excluding carboxylic acids is 2. The number of rotatable bonds is 7. The first-order valence-corrected chi connectivity index (χ1v) is 18.1. The lowest BCUT2D eigenvalue weighted by Crippen LogP contribution is -2.69. The minimum absolute atomic E-state index is 0.0553. The van der Waals surface area contributed by atoms with Gasteiger partial charge in [-0.25, -0.2) is 4.57 Å². The van der Waals surface area contributed by atoms with Gasteiger partial charge in [0.25, 0.3) is 0 Å². The van der Waals surface area contributed by atoms with E-state index < -0.39 is 18.7 Å². The Morgan fingerprint density at radius 2 is 1.51 bits per heavy atom. The molecule has 0 bridgehead atoms. The first kappa shape index (κ1) is 33.1. The Balaban J connectivity index is 1.56. The van der Waals surface area contributed by atoms with Crippen LogP contribution in [0.1, 0.15) is 114 Å². The summed E-state index contributed by atoms with van der Waals surface area (Å²) in [7, 11) is -3.69. The zero-order valence-corrected chi connectivity index (χ0v) is 28.9. The molecule has 0 N–H and O–H groups in total. The van der Waals surface area contributed by atoms with Crippen LogP contribution in [0.25, 0.3) is 0 Å². The highest BCUT2D eigenvalue weighted by atomic mass is 31.2. The highest BCUT2D eigenvalue weighted by Gasteiger charge is 2.72. The Morgan fingerprint density at radius 1 is 0.884 bits per heavy atom. The molecule has 8 heteroatoms. The molecule has 43 heavy (non-hydrogen) atoms. The highest BCUT2D eigenvalue weighted by Crippen LogP contribution is 2.76. The quantitative estimate of drug-likeness (QED) is 0.265. The van der Waals surface area contributed by atoms with Crippen LogP contribution in [-0.2, 0) is 27.7 Å². The normalized spacial score (nSPS) is 43.4. The minimum atomic E-state index is -3.69. The van der Waals surface area contributed by atoms with Crippen molar-refractivity contribution in [2.75, 3.05) is 19.8 Å². The van der Waals surface area contributed by atoms with E-state index in [2.05, 4.69) is 40.7 Å². The molecule has 0 aliphatic heterocycles. The summed E-state index contributed by atoms with van der Waals surface area (Å²) in [4.78, 5) is 28.1. The van der Waals surface area contributed by atoms with E-state index in [-0.39, 0.29) is 76.5 Å². The third-order valence-electron chi connectivity index (χ3n) is 13.7. The monoisotopic (exact) mass is 615 g/mol. The number of Topliss-reactive ketones (excluding diaryl/α,β-unsaturated/α-hetero) is 2. The third kappa shape index (κ3) is 4.79. The number of phosphoric acid groups is 1. The topological polar surface area (TPSA) is 103 Å². The average molecular weight is 616 g/mol. The Morgan fingerprint density at radius 3 is 2.12 bits per heavy atom. The van der Waals surface area contributed by atoms with Crippen molar-refractivity contribution in [2.24, 2.45) is 56.2 Å². The maximum atomic E-state index is 14.7. The standard InChI is InChI=1S/C35H54NO6P/c1-10-40-43(39,41-11-2)42-22-35-16-14-30(3,4)20-24(35)28-25(37)18-27-32(7)19-23(21-36)29(38)31(5,6)26(32)12-13-33(27,8)34(28,9)15-17-35/h19,24,26-28H,10-18,20,22H2,1-9H3/t24-,26+,27-,28+,32+,33-,34-,35-/m1/s1. The number of ketones is 2. The Bertz CT molecular complexity index is 1290. The predicted molar refractivity (Wildman–Crippen MR) is 166 cm³/mol. The van der Waals surface area contributed by atoms with Crippen LogP contribution in [0.5, 0.6) is 0 Å². The van der Waals surface area contributed by atoms with E-state index >= 15 is 0 Å². The lowest BCUT2D eigenvalue weighted by atomic mass is 9.31. The van der Waals surface area contributed by atoms with Crippen LogP contribution >= 0.6 is 7.82 Å². The smallest absolute Gasteiger partial charge is 0.299 e. The maximum Gasteiger partial charge on any atom is 0.474 e. The predicted octanol–water partition coefficient (Wildman–Crippen LogP) is 8.48. The second-order valence-corrected chi connectivity index (χ2v) is 18.3. The van der Waals surface area contributed by atoms with Crippen molar-refractivity contribution in [2.45, 2.75) is 114 Å². The van der Waals surface area contributed by atoms with Crippen molar-refractivity contribution in [1.29, 1.82) is 5.26 Å². The number of carbonyl (C=O) groups is 2. The summed E-state index contributed by atoms with van der Waals surface area (Å²) in [6.45, 7) is 20.0. The highest BCUT2D eigenvalue weighted by molar-refractivity contribution is 7.48. The van der Waals surface area contributed by atoms with Gasteiger partial charge in [-0.15, -0.1) is 0 Å². The second kappa shape index (κ2) is 10.6. The Hall–Kier alpha value is -1.32. The molecule has 0 unspecified atom stereocenters. The fraction of sp³-hybridized carbons (Fsp3) is 0.857. The molecule has 4 saturated carbocycles. The van der Waals surface area contributed by atoms with Crippen LogP contribution in [0.4, 0.5) is 0 Å². The van der Waals surface area contributed by atoms with Gasteiger partial charge < -0.3 is 0 Å². The molecule has 4 fully saturated rings. The van der Waals surface area contributed by atoms with Crippen molar-refractivity contribution in [1.82, 2.24) is 0 Å².